The van der Waals surface area contributed by atoms with Gasteiger partial charge in [-0.05, 0) is 75.0 Å². The molecule has 0 heterocycles. The zero-order valence-electron chi connectivity index (χ0n) is 11.7. The van der Waals surface area contributed by atoms with E-state index in [-0.39, 0.29) is 5.78 Å². The molecule has 21 heavy (non-hydrogen) atoms. The van der Waals surface area contributed by atoms with E-state index in [0.29, 0.717) is 23.6 Å². The average Bonchev–Trinajstić information content (AvgIpc) is 2.37. The molecule has 0 radical (unpaired) electrons. The summed E-state index contributed by atoms with van der Waals surface area (Å²) in [6.07, 6.45) is 0.398. The van der Waals surface area contributed by atoms with E-state index in [2.05, 4.69) is 31.9 Å². The van der Waals surface area contributed by atoms with Crippen LogP contribution in [0.5, 0.6) is 11.5 Å². The van der Waals surface area contributed by atoms with Gasteiger partial charge in [-0.1, -0.05) is 6.07 Å². The molecule has 110 valence electrons. The predicted molar refractivity (Wildman–Crippen MR) is 91.9 cm³/mol. The normalized spacial score (nSPS) is 10.5. The molecular formula is C16H15Br2NO2. The number of carbonyl (C=O) groups is 1. The van der Waals surface area contributed by atoms with Gasteiger partial charge in [0.15, 0.2) is 5.75 Å². The van der Waals surface area contributed by atoms with Gasteiger partial charge < -0.3 is 10.5 Å². The Morgan fingerprint density at radius 2 is 1.81 bits per heavy atom. The van der Waals surface area contributed by atoms with Crippen LogP contribution in [-0.2, 0) is 11.2 Å². The van der Waals surface area contributed by atoms with Crippen molar-refractivity contribution in [1.82, 2.24) is 0 Å². The lowest BCUT2D eigenvalue weighted by molar-refractivity contribution is -0.116. The summed E-state index contributed by atoms with van der Waals surface area (Å²) in [5.74, 6) is 1.44. The van der Waals surface area contributed by atoms with Gasteiger partial charge in [-0.25, -0.2) is 0 Å². The number of halogens is 2. The molecule has 0 fully saturated rings. The second kappa shape index (κ2) is 6.62. The molecule has 0 unspecified atom stereocenters. The number of carbonyl (C=O) groups excluding carboxylic acids is 1. The first-order valence-corrected chi connectivity index (χ1v) is 7.96. The van der Waals surface area contributed by atoms with E-state index in [0.717, 1.165) is 20.1 Å². The van der Waals surface area contributed by atoms with Crippen molar-refractivity contribution in [3.8, 4) is 11.5 Å². The highest BCUT2D eigenvalue weighted by atomic mass is 79.9. The van der Waals surface area contributed by atoms with Crippen LogP contribution in [0.25, 0.3) is 0 Å². The molecule has 0 bridgehead atoms. The number of aryl methyl sites for hydroxylation is 1. The molecule has 2 rings (SSSR count). The molecule has 5 heteroatoms. The van der Waals surface area contributed by atoms with Crippen LogP contribution in [0.3, 0.4) is 0 Å². The van der Waals surface area contributed by atoms with Crippen LogP contribution < -0.4 is 10.5 Å². The van der Waals surface area contributed by atoms with Gasteiger partial charge >= 0.3 is 0 Å². The molecule has 3 nitrogen and oxygen atoms in total. The Morgan fingerprint density at radius 3 is 2.33 bits per heavy atom. The van der Waals surface area contributed by atoms with Crippen molar-refractivity contribution >= 4 is 43.3 Å². The van der Waals surface area contributed by atoms with E-state index in [1.165, 1.54) is 0 Å². The molecule has 0 aliphatic heterocycles. The Kier molecular flexibility index (Phi) is 5.06. The molecule has 0 aromatic heterocycles. The fourth-order valence-electron chi connectivity index (χ4n) is 1.90. The first kappa shape index (κ1) is 16.0. The maximum atomic E-state index is 11.2. The largest absolute Gasteiger partial charge is 0.455 e. The number of rotatable bonds is 4. The molecule has 0 atom stereocenters. The van der Waals surface area contributed by atoms with Gasteiger partial charge in [0.1, 0.15) is 11.5 Å². The summed E-state index contributed by atoms with van der Waals surface area (Å²) >= 11 is 6.96. The van der Waals surface area contributed by atoms with E-state index in [1.807, 2.05) is 31.2 Å². The maximum absolute atomic E-state index is 11.2. The molecule has 2 aromatic carbocycles. The number of benzene rings is 2. The van der Waals surface area contributed by atoms with Gasteiger partial charge in [0.05, 0.1) is 8.95 Å². The Morgan fingerprint density at radius 1 is 1.19 bits per heavy atom. The zero-order valence-corrected chi connectivity index (χ0v) is 14.9. The third-order valence-electron chi connectivity index (χ3n) is 2.98. The van der Waals surface area contributed by atoms with E-state index < -0.39 is 0 Å². The lowest BCUT2D eigenvalue weighted by Gasteiger charge is -2.12. The Balaban J connectivity index is 2.31. The molecular weight excluding hydrogens is 398 g/mol. The number of nitrogens with two attached hydrogens (primary N) is 1. The summed E-state index contributed by atoms with van der Waals surface area (Å²) in [5, 5.41) is 0. The van der Waals surface area contributed by atoms with Crippen molar-refractivity contribution in [2.75, 3.05) is 5.73 Å². The lowest BCUT2D eigenvalue weighted by atomic mass is 10.1. The summed E-state index contributed by atoms with van der Waals surface area (Å²) in [6.45, 7) is 3.52. The van der Waals surface area contributed by atoms with E-state index in [4.69, 9.17) is 10.5 Å². The maximum Gasteiger partial charge on any atom is 0.155 e. The van der Waals surface area contributed by atoms with Crippen LogP contribution in [0.1, 0.15) is 18.1 Å². The highest BCUT2D eigenvalue weighted by molar-refractivity contribution is 9.11. The minimum Gasteiger partial charge on any atom is -0.455 e. The smallest absolute Gasteiger partial charge is 0.155 e. The fourth-order valence-corrected chi connectivity index (χ4v) is 3.34. The minimum atomic E-state index is 0.119. The topological polar surface area (TPSA) is 52.3 Å². The summed E-state index contributed by atoms with van der Waals surface area (Å²) in [6, 6.07) is 9.35. The van der Waals surface area contributed by atoms with Crippen LogP contribution in [0.15, 0.2) is 39.3 Å². The first-order chi connectivity index (χ1) is 9.86. The van der Waals surface area contributed by atoms with Gasteiger partial charge in [0.2, 0.25) is 0 Å². The second-order valence-corrected chi connectivity index (χ2v) is 6.60. The van der Waals surface area contributed by atoms with Crippen LogP contribution in [0.2, 0.25) is 0 Å². The molecule has 0 spiro atoms. The van der Waals surface area contributed by atoms with Crippen LogP contribution in [0, 0.1) is 6.92 Å². The van der Waals surface area contributed by atoms with Crippen molar-refractivity contribution in [3.05, 3.63) is 50.4 Å². The Hall–Kier alpha value is -1.33. The number of ether oxygens (including phenoxy) is 1. The number of Topliss-reactive ketones (excluding diaryl/α,β-unsaturated/α-hetero) is 1. The van der Waals surface area contributed by atoms with Crippen molar-refractivity contribution in [1.29, 1.82) is 0 Å². The SMILES string of the molecule is CC(=O)Cc1cc(Br)c(Oc2ccc(C)c(N)c2)c(Br)c1. The minimum absolute atomic E-state index is 0.119. The fraction of sp³-hybridized carbons (Fsp3) is 0.188. The highest BCUT2D eigenvalue weighted by Gasteiger charge is 2.11. The molecule has 0 aliphatic carbocycles. The second-order valence-electron chi connectivity index (χ2n) is 4.89. The van der Waals surface area contributed by atoms with Gasteiger partial charge in [0, 0.05) is 18.2 Å². The summed E-state index contributed by atoms with van der Waals surface area (Å²) < 4.78 is 7.45. The molecule has 0 saturated carbocycles. The molecule has 0 amide bonds. The van der Waals surface area contributed by atoms with Gasteiger partial charge in [-0.15, -0.1) is 0 Å². The summed E-state index contributed by atoms with van der Waals surface area (Å²) in [7, 11) is 0. The standard InChI is InChI=1S/C16H15Br2NO2/c1-9-3-4-12(8-15(9)19)21-16-13(17)6-11(5-10(2)20)7-14(16)18/h3-4,6-8H,5,19H2,1-2H3. The van der Waals surface area contributed by atoms with Crippen LogP contribution in [0.4, 0.5) is 5.69 Å². The number of anilines is 1. The third-order valence-corrected chi connectivity index (χ3v) is 4.16. The first-order valence-electron chi connectivity index (χ1n) is 6.38. The van der Waals surface area contributed by atoms with E-state index in [1.54, 1.807) is 13.0 Å². The van der Waals surface area contributed by atoms with Crippen molar-refractivity contribution < 1.29 is 9.53 Å². The highest BCUT2D eigenvalue weighted by Crippen LogP contribution is 2.38. The number of ketones is 1. The summed E-state index contributed by atoms with van der Waals surface area (Å²) in [5.41, 5.74) is 8.52. The molecule has 0 saturated heterocycles. The number of hydrogen-bond acceptors (Lipinski definition) is 3. The van der Waals surface area contributed by atoms with Gasteiger partial charge in [0.25, 0.3) is 0 Å². The number of nitrogen functional groups attached to an aromatic ring is 1. The van der Waals surface area contributed by atoms with Gasteiger partial charge in [-0.2, -0.15) is 0 Å². The van der Waals surface area contributed by atoms with Crippen LogP contribution in [-0.4, -0.2) is 5.78 Å². The van der Waals surface area contributed by atoms with E-state index in [9.17, 15) is 4.79 Å². The van der Waals surface area contributed by atoms with Crippen molar-refractivity contribution in [3.63, 3.8) is 0 Å². The Labute approximate surface area is 140 Å². The average molecular weight is 413 g/mol. The predicted octanol–water partition coefficient (Wildman–Crippen LogP) is 5.03. The molecule has 2 N–H and O–H groups in total. The molecule has 0 aliphatic rings. The Bertz CT molecular complexity index is 676. The monoisotopic (exact) mass is 411 g/mol. The summed E-state index contributed by atoms with van der Waals surface area (Å²) in [4.78, 5) is 11.2. The number of hydrogen-bond donors (Lipinski definition) is 1. The lowest BCUT2D eigenvalue weighted by Crippen LogP contribution is -1.98. The van der Waals surface area contributed by atoms with Crippen molar-refractivity contribution in [2.24, 2.45) is 0 Å². The molecule has 2 aromatic rings. The van der Waals surface area contributed by atoms with Crippen molar-refractivity contribution in [2.45, 2.75) is 20.3 Å². The third kappa shape index (κ3) is 4.08. The van der Waals surface area contributed by atoms with Crippen LogP contribution >= 0.6 is 31.9 Å². The van der Waals surface area contributed by atoms with Gasteiger partial charge in [-0.3, -0.25) is 4.79 Å². The zero-order chi connectivity index (χ0) is 15.6. The quantitative estimate of drug-likeness (QED) is 0.716. The van der Waals surface area contributed by atoms with E-state index >= 15 is 0 Å².